The Bertz CT molecular complexity index is 611. The molecule has 1 aromatic heterocycles. The molecule has 170 valence electrons. The van der Waals surface area contributed by atoms with Crippen LogP contribution in [0.15, 0.2) is 23.3 Å². The van der Waals surface area contributed by atoms with Crippen molar-refractivity contribution in [2.75, 3.05) is 26.2 Å². The summed E-state index contributed by atoms with van der Waals surface area (Å²) in [4.78, 5) is 11.9. The lowest BCUT2D eigenvalue weighted by molar-refractivity contribution is 0.119. The van der Waals surface area contributed by atoms with E-state index in [1.165, 1.54) is 58.0 Å². The van der Waals surface area contributed by atoms with Gasteiger partial charge in [-0.25, -0.2) is 9.98 Å². The van der Waals surface area contributed by atoms with Gasteiger partial charge in [-0.1, -0.05) is 32.3 Å². The minimum absolute atomic E-state index is 0. The predicted octanol–water partition coefficient (Wildman–Crippen LogP) is 4.34. The van der Waals surface area contributed by atoms with E-state index in [0.29, 0.717) is 25.1 Å². The van der Waals surface area contributed by atoms with E-state index in [9.17, 15) is 0 Å². The van der Waals surface area contributed by atoms with Crippen molar-refractivity contribution in [2.45, 2.75) is 83.8 Å². The molecule has 7 heteroatoms. The van der Waals surface area contributed by atoms with Gasteiger partial charge in [0, 0.05) is 44.0 Å². The van der Waals surface area contributed by atoms with Crippen LogP contribution in [-0.2, 0) is 6.54 Å². The number of pyridine rings is 1. The summed E-state index contributed by atoms with van der Waals surface area (Å²) in [6.45, 7) is 8.84. The Morgan fingerprint density at radius 2 is 1.90 bits per heavy atom. The Kier molecular flexibility index (Phi) is 11.8. The minimum atomic E-state index is 0. The number of likely N-dealkylation sites (tertiary alicyclic amines) is 1. The van der Waals surface area contributed by atoms with Crippen molar-refractivity contribution >= 4 is 29.9 Å². The highest BCUT2D eigenvalue weighted by molar-refractivity contribution is 14.0. The average Bonchev–Trinajstić information content (AvgIpc) is 2.78. The first-order valence-electron chi connectivity index (χ1n) is 11.6. The Hall–Kier alpha value is -1.09. The molecule has 0 bridgehead atoms. The summed E-state index contributed by atoms with van der Waals surface area (Å²) in [5, 5.41) is 7.05. The van der Waals surface area contributed by atoms with E-state index >= 15 is 0 Å². The van der Waals surface area contributed by atoms with Gasteiger partial charge >= 0.3 is 0 Å². The Balaban J connectivity index is 0.00000320. The van der Waals surface area contributed by atoms with Crippen molar-refractivity contribution in [1.82, 2.24) is 20.5 Å². The average molecular weight is 530 g/mol. The first-order valence-corrected chi connectivity index (χ1v) is 11.6. The number of aromatic nitrogens is 1. The van der Waals surface area contributed by atoms with E-state index in [1.807, 2.05) is 18.3 Å². The number of hydrogen-bond acceptors (Lipinski definition) is 4. The fourth-order valence-corrected chi connectivity index (χ4v) is 4.34. The number of aliphatic imine (C=N–C) groups is 1. The van der Waals surface area contributed by atoms with Gasteiger partial charge in [0.15, 0.2) is 5.96 Å². The zero-order valence-electron chi connectivity index (χ0n) is 18.7. The largest absolute Gasteiger partial charge is 0.478 e. The summed E-state index contributed by atoms with van der Waals surface area (Å²) in [7, 11) is 0. The van der Waals surface area contributed by atoms with E-state index in [-0.39, 0.29) is 24.0 Å². The highest BCUT2D eigenvalue weighted by Gasteiger charge is 2.26. The number of ether oxygens (including phenoxy) is 1. The number of guanidine groups is 1. The van der Waals surface area contributed by atoms with Crippen molar-refractivity contribution in [1.29, 1.82) is 0 Å². The van der Waals surface area contributed by atoms with E-state index in [2.05, 4.69) is 34.4 Å². The summed E-state index contributed by atoms with van der Waals surface area (Å²) < 4.78 is 5.55. The van der Waals surface area contributed by atoms with Gasteiger partial charge in [-0.2, -0.15) is 0 Å². The number of hydrogen-bond donors (Lipinski definition) is 2. The number of piperidine rings is 1. The van der Waals surface area contributed by atoms with E-state index in [0.717, 1.165) is 30.5 Å². The SMILES string of the molecule is CCCOc1ccc(CN=C(NCC)NC2CCN(C3CCCCC3)CC2)cn1.I. The van der Waals surface area contributed by atoms with Crippen molar-refractivity contribution in [2.24, 2.45) is 4.99 Å². The van der Waals surface area contributed by atoms with Crippen LogP contribution in [0.1, 0.15) is 70.8 Å². The van der Waals surface area contributed by atoms with Gasteiger partial charge in [0.25, 0.3) is 0 Å². The molecule has 2 heterocycles. The summed E-state index contributed by atoms with van der Waals surface area (Å²) in [5.74, 6) is 1.60. The summed E-state index contributed by atoms with van der Waals surface area (Å²) >= 11 is 0. The van der Waals surface area contributed by atoms with Gasteiger partial charge in [-0.05, 0) is 44.6 Å². The second-order valence-electron chi connectivity index (χ2n) is 8.29. The van der Waals surface area contributed by atoms with E-state index in [1.54, 1.807) is 0 Å². The molecule has 0 radical (unpaired) electrons. The minimum Gasteiger partial charge on any atom is -0.478 e. The molecule has 2 fully saturated rings. The summed E-state index contributed by atoms with van der Waals surface area (Å²) in [6.07, 6.45) is 12.3. The molecule has 1 aromatic rings. The van der Waals surface area contributed by atoms with E-state index < -0.39 is 0 Å². The van der Waals surface area contributed by atoms with Crippen molar-refractivity contribution < 1.29 is 4.74 Å². The van der Waals surface area contributed by atoms with E-state index in [4.69, 9.17) is 9.73 Å². The third kappa shape index (κ3) is 8.21. The predicted molar refractivity (Wildman–Crippen MR) is 135 cm³/mol. The smallest absolute Gasteiger partial charge is 0.213 e. The first kappa shape index (κ1) is 25.2. The second kappa shape index (κ2) is 14.1. The van der Waals surface area contributed by atoms with Crippen LogP contribution in [0.3, 0.4) is 0 Å². The number of nitrogens with one attached hydrogen (secondary N) is 2. The molecule has 1 aliphatic carbocycles. The van der Waals surface area contributed by atoms with Crippen molar-refractivity contribution in [3.05, 3.63) is 23.9 Å². The zero-order valence-corrected chi connectivity index (χ0v) is 21.1. The molecule has 30 heavy (non-hydrogen) atoms. The van der Waals surface area contributed by atoms with Crippen LogP contribution in [-0.4, -0.2) is 54.2 Å². The van der Waals surface area contributed by atoms with Crippen LogP contribution in [0.25, 0.3) is 0 Å². The molecule has 0 aromatic carbocycles. The molecule has 1 aliphatic heterocycles. The van der Waals surface area contributed by atoms with Gasteiger partial charge < -0.3 is 20.3 Å². The maximum atomic E-state index is 5.55. The molecular formula is C23H40IN5O. The molecule has 3 rings (SSSR count). The highest BCUT2D eigenvalue weighted by Crippen LogP contribution is 2.25. The molecule has 1 saturated carbocycles. The molecule has 2 aliphatic rings. The Labute approximate surface area is 199 Å². The maximum absolute atomic E-state index is 5.55. The number of halogens is 1. The normalized spacial score (nSPS) is 19.2. The molecule has 6 nitrogen and oxygen atoms in total. The van der Waals surface area contributed by atoms with Crippen LogP contribution in [0.5, 0.6) is 5.88 Å². The molecular weight excluding hydrogens is 489 g/mol. The quantitative estimate of drug-likeness (QED) is 0.298. The molecule has 2 N–H and O–H groups in total. The van der Waals surface area contributed by atoms with Crippen LogP contribution in [0.4, 0.5) is 0 Å². The third-order valence-corrected chi connectivity index (χ3v) is 5.98. The molecule has 0 atom stereocenters. The van der Waals surface area contributed by atoms with Crippen LogP contribution in [0, 0.1) is 0 Å². The summed E-state index contributed by atoms with van der Waals surface area (Å²) in [5.41, 5.74) is 1.10. The van der Waals surface area contributed by atoms with Gasteiger partial charge in [0.1, 0.15) is 0 Å². The van der Waals surface area contributed by atoms with Crippen LogP contribution in [0.2, 0.25) is 0 Å². The standard InChI is InChI=1S/C23H39N5O.HI/c1-3-16-29-22-11-10-19(17-25-22)18-26-23(24-4-2)27-20-12-14-28(15-13-20)21-8-6-5-7-9-21;/h10-11,17,20-21H,3-9,12-16,18H2,1-2H3,(H2,24,26,27);1H. The fourth-order valence-electron chi connectivity index (χ4n) is 4.34. The monoisotopic (exact) mass is 529 g/mol. The first-order chi connectivity index (χ1) is 14.3. The highest BCUT2D eigenvalue weighted by atomic mass is 127. The molecule has 1 saturated heterocycles. The van der Waals surface area contributed by atoms with Crippen LogP contribution < -0.4 is 15.4 Å². The lowest BCUT2D eigenvalue weighted by atomic mass is 9.92. The fraction of sp³-hybridized carbons (Fsp3) is 0.739. The molecule has 0 unspecified atom stereocenters. The van der Waals surface area contributed by atoms with Crippen molar-refractivity contribution in [3.8, 4) is 5.88 Å². The number of nitrogens with zero attached hydrogens (tertiary/aromatic N) is 3. The van der Waals surface area contributed by atoms with Crippen molar-refractivity contribution in [3.63, 3.8) is 0 Å². The van der Waals surface area contributed by atoms with Crippen LogP contribution >= 0.6 is 24.0 Å². The third-order valence-electron chi connectivity index (χ3n) is 5.98. The van der Waals surface area contributed by atoms with Gasteiger partial charge in [-0.15, -0.1) is 24.0 Å². The number of rotatable bonds is 8. The molecule has 0 spiro atoms. The Morgan fingerprint density at radius 1 is 1.13 bits per heavy atom. The lowest BCUT2D eigenvalue weighted by Crippen LogP contribution is -2.50. The van der Waals surface area contributed by atoms with Gasteiger partial charge in [-0.3, -0.25) is 0 Å². The topological polar surface area (TPSA) is 61.8 Å². The summed E-state index contributed by atoms with van der Waals surface area (Å²) in [6, 6.07) is 5.33. The lowest BCUT2D eigenvalue weighted by Gasteiger charge is -2.39. The molecule has 0 amide bonds. The Morgan fingerprint density at radius 3 is 2.53 bits per heavy atom. The van der Waals surface area contributed by atoms with Gasteiger partial charge in [0.2, 0.25) is 5.88 Å². The second-order valence-corrected chi connectivity index (χ2v) is 8.29. The maximum Gasteiger partial charge on any atom is 0.213 e. The van der Waals surface area contributed by atoms with Gasteiger partial charge in [0.05, 0.1) is 13.2 Å². The zero-order chi connectivity index (χ0) is 20.3.